The summed E-state index contributed by atoms with van der Waals surface area (Å²) in [5, 5.41) is 3.13. The third-order valence-electron chi connectivity index (χ3n) is 1.98. The molecule has 0 radical (unpaired) electrons. The highest BCUT2D eigenvalue weighted by Gasteiger charge is 2.02. The first-order chi connectivity index (χ1) is 6.63. The van der Waals surface area contributed by atoms with Crippen molar-refractivity contribution < 1.29 is 4.74 Å². The third-order valence-corrected chi connectivity index (χ3v) is 1.98. The smallest absolute Gasteiger partial charge is 0.122 e. The molecule has 0 atom stereocenters. The van der Waals surface area contributed by atoms with Gasteiger partial charge in [-0.05, 0) is 45.0 Å². The van der Waals surface area contributed by atoms with Crippen molar-refractivity contribution in [3.05, 3.63) is 29.3 Å². The van der Waals surface area contributed by atoms with E-state index in [-0.39, 0.29) is 6.10 Å². The molecule has 14 heavy (non-hydrogen) atoms. The molecule has 0 unspecified atom stereocenters. The third kappa shape index (κ3) is 3.04. The normalized spacial score (nSPS) is 10.6. The fourth-order valence-electron chi connectivity index (χ4n) is 1.41. The predicted octanol–water partition coefficient (Wildman–Crippen LogP) is 2.50. The lowest BCUT2D eigenvalue weighted by Gasteiger charge is -2.13. The van der Waals surface area contributed by atoms with Crippen LogP contribution in [0.3, 0.4) is 0 Å². The van der Waals surface area contributed by atoms with Gasteiger partial charge in [0.1, 0.15) is 5.75 Å². The first kappa shape index (κ1) is 11.1. The van der Waals surface area contributed by atoms with Gasteiger partial charge in [0.25, 0.3) is 0 Å². The molecule has 0 saturated heterocycles. The minimum Gasteiger partial charge on any atom is -0.491 e. The van der Waals surface area contributed by atoms with Gasteiger partial charge in [0.2, 0.25) is 0 Å². The first-order valence-electron chi connectivity index (χ1n) is 5.04. The van der Waals surface area contributed by atoms with Gasteiger partial charge in [0.15, 0.2) is 0 Å². The van der Waals surface area contributed by atoms with Crippen molar-refractivity contribution in [2.24, 2.45) is 0 Å². The summed E-state index contributed by atoms with van der Waals surface area (Å²) in [4.78, 5) is 0. The van der Waals surface area contributed by atoms with Gasteiger partial charge in [0, 0.05) is 6.54 Å². The van der Waals surface area contributed by atoms with Crippen LogP contribution >= 0.6 is 0 Å². The van der Waals surface area contributed by atoms with E-state index in [0.29, 0.717) is 0 Å². The molecule has 2 heteroatoms. The van der Waals surface area contributed by atoms with Crippen molar-refractivity contribution in [3.63, 3.8) is 0 Å². The maximum atomic E-state index is 5.66. The van der Waals surface area contributed by atoms with E-state index in [9.17, 15) is 0 Å². The lowest BCUT2D eigenvalue weighted by atomic mass is 10.1. The number of nitrogens with one attached hydrogen (secondary N) is 1. The Kier molecular flexibility index (Phi) is 3.96. The van der Waals surface area contributed by atoms with Gasteiger partial charge in [-0.15, -0.1) is 0 Å². The number of hydrogen-bond acceptors (Lipinski definition) is 2. The topological polar surface area (TPSA) is 21.3 Å². The van der Waals surface area contributed by atoms with Crippen molar-refractivity contribution in [1.29, 1.82) is 0 Å². The average Bonchev–Trinajstić information content (AvgIpc) is 2.10. The molecule has 1 rings (SSSR count). The molecule has 1 aromatic rings. The number of aryl methyl sites for hydroxylation is 1. The lowest BCUT2D eigenvalue weighted by Crippen LogP contribution is -2.08. The second kappa shape index (κ2) is 5.01. The fraction of sp³-hybridized carbons (Fsp3) is 0.500. The highest BCUT2D eigenvalue weighted by atomic mass is 16.5. The van der Waals surface area contributed by atoms with E-state index >= 15 is 0 Å². The van der Waals surface area contributed by atoms with Crippen LogP contribution in [0.1, 0.15) is 25.0 Å². The molecule has 78 valence electrons. The zero-order chi connectivity index (χ0) is 10.6. The van der Waals surface area contributed by atoms with Crippen LogP contribution in [0, 0.1) is 6.92 Å². The summed E-state index contributed by atoms with van der Waals surface area (Å²) in [7, 11) is 1.95. The molecule has 0 fully saturated rings. The highest BCUT2D eigenvalue weighted by molar-refractivity contribution is 5.36. The average molecular weight is 193 g/mol. The summed E-state index contributed by atoms with van der Waals surface area (Å²) in [5.41, 5.74) is 2.49. The Labute approximate surface area is 86.3 Å². The van der Waals surface area contributed by atoms with Crippen LogP contribution in [0.4, 0.5) is 0 Å². The van der Waals surface area contributed by atoms with Gasteiger partial charge >= 0.3 is 0 Å². The van der Waals surface area contributed by atoms with Gasteiger partial charge in [-0.2, -0.15) is 0 Å². The van der Waals surface area contributed by atoms with Crippen LogP contribution in [0.15, 0.2) is 18.2 Å². The first-order valence-corrected chi connectivity index (χ1v) is 5.04. The highest BCUT2D eigenvalue weighted by Crippen LogP contribution is 2.20. The Morgan fingerprint density at radius 1 is 1.36 bits per heavy atom. The van der Waals surface area contributed by atoms with Crippen LogP contribution < -0.4 is 10.1 Å². The minimum absolute atomic E-state index is 0.240. The van der Waals surface area contributed by atoms with E-state index in [0.717, 1.165) is 12.3 Å². The van der Waals surface area contributed by atoms with Gasteiger partial charge in [-0.1, -0.05) is 12.1 Å². The van der Waals surface area contributed by atoms with Gasteiger partial charge in [0.05, 0.1) is 6.10 Å². The molecule has 0 aromatic heterocycles. The Morgan fingerprint density at radius 3 is 2.57 bits per heavy atom. The van der Waals surface area contributed by atoms with Crippen LogP contribution in [0.25, 0.3) is 0 Å². The van der Waals surface area contributed by atoms with Crippen LogP contribution in [0.2, 0.25) is 0 Å². The second-order valence-electron chi connectivity index (χ2n) is 3.80. The second-order valence-corrected chi connectivity index (χ2v) is 3.80. The molecule has 0 aliphatic rings. The predicted molar refractivity (Wildman–Crippen MR) is 59.7 cm³/mol. The molecule has 0 bridgehead atoms. The van der Waals surface area contributed by atoms with E-state index in [4.69, 9.17) is 4.74 Å². The van der Waals surface area contributed by atoms with Crippen LogP contribution in [0.5, 0.6) is 5.75 Å². The fourth-order valence-corrected chi connectivity index (χ4v) is 1.41. The summed E-state index contributed by atoms with van der Waals surface area (Å²) >= 11 is 0. The monoisotopic (exact) mass is 193 g/mol. The Bertz CT molecular complexity index is 294. The van der Waals surface area contributed by atoms with Gasteiger partial charge < -0.3 is 10.1 Å². The van der Waals surface area contributed by atoms with Crippen molar-refractivity contribution in [1.82, 2.24) is 5.32 Å². The van der Waals surface area contributed by atoms with Crippen molar-refractivity contribution >= 4 is 0 Å². The minimum atomic E-state index is 0.240. The van der Waals surface area contributed by atoms with E-state index < -0.39 is 0 Å². The summed E-state index contributed by atoms with van der Waals surface area (Å²) in [6.07, 6.45) is 0.240. The number of ether oxygens (including phenoxy) is 1. The summed E-state index contributed by atoms with van der Waals surface area (Å²) in [5.74, 6) is 0.986. The number of benzene rings is 1. The molecular formula is C12H19NO. The van der Waals surface area contributed by atoms with Gasteiger partial charge in [-0.25, -0.2) is 0 Å². The molecule has 1 aromatic carbocycles. The zero-order valence-electron chi connectivity index (χ0n) is 9.42. The summed E-state index contributed by atoms with van der Waals surface area (Å²) in [6, 6.07) is 6.30. The van der Waals surface area contributed by atoms with Crippen molar-refractivity contribution in [2.75, 3.05) is 7.05 Å². The molecule has 0 aliphatic heterocycles. The Balaban J connectivity index is 2.79. The number of rotatable bonds is 4. The Morgan fingerprint density at radius 2 is 2.07 bits per heavy atom. The molecule has 0 heterocycles. The SMILES string of the molecule is CNCc1ccc(OC(C)C)c(C)c1. The largest absolute Gasteiger partial charge is 0.491 e. The lowest BCUT2D eigenvalue weighted by molar-refractivity contribution is 0.240. The molecule has 0 aliphatic carbocycles. The summed E-state index contributed by atoms with van der Waals surface area (Å²) in [6.45, 7) is 7.07. The van der Waals surface area contributed by atoms with E-state index in [2.05, 4.69) is 24.4 Å². The van der Waals surface area contributed by atoms with Gasteiger partial charge in [-0.3, -0.25) is 0 Å². The maximum absolute atomic E-state index is 5.66. The maximum Gasteiger partial charge on any atom is 0.122 e. The summed E-state index contributed by atoms with van der Waals surface area (Å²) < 4.78 is 5.66. The van der Waals surface area contributed by atoms with Crippen molar-refractivity contribution in [2.45, 2.75) is 33.4 Å². The molecule has 0 amide bonds. The van der Waals surface area contributed by atoms with E-state index in [1.54, 1.807) is 0 Å². The van der Waals surface area contributed by atoms with E-state index in [1.165, 1.54) is 11.1 Å². The van der Waals surface area contributed by atoms with Crippen LogP contribution in [-0.2, 0) is 6.54 Å². The molecule has 0 saturated carbocycles. The van der Waals surface area contributed by atoms with E-state index in [1.807, 2.05) is 27.0 Å². The molecule has 1 N–H and O–H groups in total. The molecule has 0 spiro atoms. The van der Waals surface area contributed by atoms with Crippen LogP contribution in [-0.4, -0.2) is 13.2 Å². The zero-order valence-corrected chi connectivity index (χ0v) is 9.42. The quantitative estimate of drug-likeness (QED) is 0.793. The molecule has 2 nitrogen and oxygen atoms in total. The molecular weight excluding hydrogens is 174 g/mol. The standard InChI is InChI=1S/C12H19NO/c1-9(2)14-12-6-5-11(8-13-4)7-10(12)3/h5-7,9,13H,8H2,1-4H3. The Hall–Kier alpha value is -1.02. The number of hydrogen-bond donors (Lipinski definition) is 1. The van der Waals surface area contributed by atoms with Crippen molar-refractivity contribution in [3.8, 4) is 5.75 Å².